The number of methoxy groups -OCH3 is 1. The molecule has 1 aliphatic rings. The molecule has 9 heteroatoms. The minimum atomic E-state index is 0.139. The second-order valence-electron chi connectivity index (χ2n) is 7.74. The molecule has 6 N–H and O–H groups in total. The molecule has 1 saturated carbocycles. The Labute approximate surface area is 187 Å². The number of nitrogens with two attached hydrogens (primary N) is 2. The number of aromatic nitrogens is 2. The fourth-order valence-electron chi connectivity index (χ4n) is 3.91. The second kappa shape index (κ2) is 10.4. The topological polar surface area (TPSA) is 144 Å². The van der Waals surface area contributed by atoms with Crippen LogP contribution in [0.3, 0.4) is 0 Å². The van der Waals surface area contributed by atoms with E-state index in [0.29, 0.717) is 52.1 Å². The minimum Gasteiger partial charge on any atom is -0.494 e. The Morgan fingerprint density at radius 2 is 2.06 bits per heavy atom. The fraction of sp³-hybridized carbons (Fsp3) is 0.348. The Morgan fingerprint density at radius 3 is 2.69 bits per heavy atom. The number of amides is 1. The van der Waals surface area contributed by atoms with Crippen LogP contribution in [-0.2, 0) is 4.79 Å². The highest BCUT2D eigenvalue weighted by Gasteiger charge is 2.22. The molecular weight excluding hydrogens is 406 g/mol. The molecule has 0 bridgehead atoms. The molecule has 0 saturated heterocycles. The van der Waals surface area contributed by atoms with Crippen LogP contribution in [0.15, 0.2) is 47.7 Å². The molecule has 1 aliphatic carbocycles. The Kier molecular flexibility index (Phi) is 7.39. The number of benzene rings is 1. The van der Waals surface area contributed by atoms with Gasteiger partial charge in [0.15, 0.2) is 5.75 Å². The average molecular weight is 436 g/mol. The first-order valence-corrected chi connectivity index (χ1v) is 10.6. The van der Waals surface area contributed by atoms with Gasteiger partial charge in [-0.3, -0.25) is 9.48 Å². The van der Waals surface area contributed by atoms with Crippen molar-refractivity contribution in [2.45, 2.75) is 45.1 Å². The number of carbonyl (C=O) groups excluding carboxylic acids is 1. The Balaban J connectivity index is 2.01. The summed E-state index contributed by atoms with van der Waals surface area (Å²) < 4.78 is 7.64. The maximum absolute atomic E-state index is 10.6. The van der Waals surface area contributed by atoms with E-state index in [1.807, 2.05) is 29.1 Å². The van der Waals surface area contributed by atoms with Gasteiger partial charge in [0.2, 0.25) is 6.41 Å². The first-order valence-electron chi connectivity index (χ1n) is 10.6. The number of hydrogen-bond donors (Lipinski definition) is 4. The number of nitrogens with zero attached hydrogens (tertiary/aromatic N) is 3. The molecule has 1 aromatic carbocycles. The van der Waals surface area contributed by atoms with Crippen LogP contribution in [0, 0.1) is 11.3 Å². The van der Waals surface area contributed by atoms with Crippen LogP contribution in [0.2, 0.25) is 0 Å². The number of ether oxygens (including phenoxy) is 1. The molecule has 9 nitrogen and oxygen atoms in total. The van der Waals surface area contributed by atoms with Crippen molar-refractivity contribution < 1.29 is 9.53 Å². The number of hydrogen-bond acceptors (Lipinski definition) is 7. The summed E-state index contributed by atoms with van der Waals surface area (Å²) in [7, 11) is 1.56. The zero-order valence-electron chi connectivity index (χ0n) is 18.4. The van der Waals surface area contributed by atoms with Crippen LogP contribution < -0.4 is 26.8 Å². The van der Waals surface area contributed by atoms with Gasteiger partial charge in [-0.25, -0.2) is 0 Å². The lowest BCUT2D eigenvalue weighted by Gasteiger charge is -2.21. The van der Waals surface area contributed by atoms with Crippen molar-refractivity contribution in [3.8, 4) is 23.1 Å². The number of anilines is 1. The standard InChI is InChI=1S/C23H29N7O2/c1-15(25)20(11-21(26)27-14-31)28-19-10-6-9-18(23(19)32-2)22-16(12-24)13-30(29-22)17-7-4-3-5-8-17/h6,9-11,13-14,17,28H,3-5,7-8,25-26H2,1-2H3,(H,27,31)/b20-15+,21-11+. The maximum atomic E-state index is 10.6. The van der Waals surface area contributed by atoms with E-state index in [1.165, 1.54) is 25.3 Å². The average Bonchev–Trinajstić information content (AvgIpc) is 3.23. The smallest absolute Gasteiger partial charge is 0.212 e. The molecular formula is C23H29N7O2. The van der Waals surface area contributed by atoms with Crippen LogP contribution in [0.25, 0.3) is 11.3 Å². The zero-order chi connectivity index (χ0) is 23.1. The maximum Gasteiger partial charge on any atom is 0.212 e. The van der Waals surface area contributed by atoms with Crippen molar-refractivity contribution in [2.24, 2.45) is 11.5 Å². The van der Waals surface area contributed by atoms with Crippen molar-refractivity contribution in [3.63, 3.8) is 0 Å². The fourth-order valence-corrected chi connectivity index (χ4v) is 3.91. The molecule has 1 amide bonds. The highest BCUT2D eigenvalue weighted by Crippen LogP contribution is 2.39. The normalized spacial score (nSPS) is 15.5. The molecule has 0 aliphatic heterocycles. The molecule has 0 radical (unpaired) electrons. The SMILES string of the molecule is COc1c(NC(/C=C(\N)NC=O)=C(\C)N)cccc1-c1nn(C2CCCCC2)cc1C#N. The van der Waals surface area contributed by atoms with Gasteiger partial charge in [-0.15, -0.1) is 0 Å². The van der Waals surface area contributed by atoms with E-state index in [4.69, 9.17) is 21.3 Å². The van der Waals surface area contributed by atoms with Crippen molar-refractivity contribution >= 4 is 12.1 Å². The van der Waals surface area contributed by atoms with Crippen LogP contribution in [0.1, 0.15) is 50.6 Å². The number of para-hydroxylation sites is 1. The van der Waals surface area contributed by atoms with E-state index in [0.717, 1.165) is 12.8 Å². The van der Waals surface area contributed by atoms with Gasteiger partial charge in [0.1, 0.15) is 17.6 Å². The summed E-state index contributed by atoms with van der Waals surface area (Å²) in [4.78, 5) is 10.6. The molecule has 3 rings (SSSR count). The summed E-state index contributed by atoms with van der Waals surface area (Å²) in [5, 5.41) is 20.1. The van der Waals surface area contributed by atoms with Gasteiger partial charge in [0.05, 0.1) is 30.1 Å². The predicted molar refractivity (Wildman–Crippen MR) is 123 cm³/mol. The highest BCUT2D eigenvalue weighted by atomic mass is 16.5. The van der Waals surface area contributed by atoms with Gasteiger partial charge in [0, 0.05) is 23.5 Å². The van der Waals surface area contributed by atoms with E-state index in [1.54, 1.807) is 14.0 Å². The van der Waals surface area contributed by atoms with E-state index in [-0.39, 0.29) is 5.82 Å². The molecule has 1 heterocycles. The minimum absolute atomic E-state index is 0.139. The first kappa shape index (κ1) is 22.7. The number of allylic oxidation sites excluding steroid dienone is 2. The van der Waals surface area contributed by atoms with Crippen LogP contribution in [0.5, 0.6) is 5.75 Å². The number of rotatable bonds is 8. The van der Waals surface area contributed by atoms with E-state index >= 15 is 0 Å². The molecule has 32 heavy (non-hydrogen) atoms. The highest BCUT2D eigenvalue weighted by molar-refractivity contribution is 5.80. The molecule has 2 aromatic rings. The number of nitrogens with one attached hydrogen (secondary N) is 2. The van der Waals surface area contributed by atoms with Crippen LogP contribution in [-0.4, -0.2) is 23.3 Å². The summed E-state index contributed by atoms with van der Waals surface area (Å²) in [5.74, 6) is 0.660. The quantitative estimate of drug-likeness (QED) is 0.368. The van der Waals surface area contributed by atoms with Crippen molar-refractivity contribution in [3.05, 3.63) is 53.3 Å². The predicted octanol–water partition coefficient (Wildman–Crippen LogP) is 3.08. The largest absolute Gasteiger partial charge is 0.494 e. The summed E-state index contributed by atoms with van der Waals surface area (Å²) in [5.41, 5.74) is 15.1. The summed E-state index contributed by atoms with van der Waals surface area (Å²) in [6, 6.07) is 8.12. The molecule has 168 valence electrons. The van der Waals surface area contributed by atoms with Crippen molar-refractivity contribution in [1.82, 2.24) is 15.1 Å². The Hall–Kier alpha value is -3.93. The third-order valence-electron chi connectivity index (χ3n) is 5.50. The summed E-state index contributed by atoms with van der Waals surface area (Å²) in [6.07, 6.45) is 9.57. The first-order chi connectivity index (χ1) is 15.5. The monoisotopic (exact) mass is 435 g/mol. The lowest BCUT2D eigenvalue weighted by atomic mass is 9.96. The Morgan fingerprint density at radius 1 is 1.31 bits per heavy atom. The zero-order valence-corrected chi connectivity index (χ0v) is 18.4. The van der Waals surface area contributed by atoms with Crippen LogP contribution >= 0.6 is 0 Å². The van der Waals surface area contributed by atoms with E-state index in [2.05, 4.69) is 16.7 Å². The van der Waals surface area contributed by atoms with Gasteiger partial charge in [0.25, 0.3) is 0 Å². The second-order valence-corrected chi connectivity index (χ2v) is 7.74. The van der Waals surface area contributed by atoms with Crippen molar-refractivity contribution in [2.75, 3.05) is 12.4 Å². The molecule has 1 fully saturated rings. The third-order valence-corrected chi connectivity index (χ3v) is 5.50. The molecule has 0 atom stereocenters. The lowest BCUT2D eigenvalue weighted by Crippen LogP contribution is -2.19. The van der Waals surface area contributed by atoms with Gasteiger partial charge in [-0.1, -0.05) is 25.3 Å². The van der Waals surface area contributed by atoms with E-state index in [9.17, 15) is 10.1 Å². The molecule has 0 unspecified atom stereocenters. The van der Waals surface area contributed by atoms with Gasteiger partial charge in [-0.05, 0) is 31.9 Å². The number of carbonyl (C=O) groups is 1. The van der Waals surface area contributed by atoms with Crippen molar-refractivity contribution in [1.29, 1.82) is 5.26 Å². The summed E-state index contributed by atoms with van der Waals surface area (Å²) >= 11 is 0. The lowest BCUT2D eigenvalue weighted by molar-refractivity contribution is -0.108. The van der Waals surface area contributed by atoms with Gasteiger partial charge < -0.3 is 26.8 Å². The molecule has 1 aromatic heterocycles. The number of nitriles is 1. The Bertz CT molecular complexity index is 1070. The summed E-state index contributed by atoms with van der Waals surface area (Å²) in [6.45, 7) is 1.71. The van der Waals surface area contributed by atoms with Gasteiger partial charge >= 0.3 is 0 Å². The third kappa shape index (κ3) is 5.03. The molecule has 0 spiro atoms. The van der Waals surface area contributed by atoms with Crippen LogP contribution in [0.4, 0.5) is 5.69 Å². The van der Waals surface area contributed by atoms with E-state index < -0.39 is 0 Å². The van der Waals surface area contributed by atoms with Gasteiger partial charge in [-0.2, -0.15) is 10.4 Å².